The van der Waals surface area contributed by atoms with Gasteiger partial charge in [-0.15, -0.1) is 0 Å². The van der Waals surface area contributed by atoms with Gasteiger partial charge < -0.3 is 1.43 Å². The van der Waals surface area contributed by atoms with Crippen molar-refractivity contribution < 1.29 is 59.6 Å². The van der Waals surface area contributed by atoms with Crippen LogP contribution in [0, 0.1) is 0 Å². The van der Waals surface area contributed by atoms with Gasteiger partial charge in [0.15, 0.2) is 0 Å². The normalized spacial score (nSPS) is 10.8. The molecule has 0 amide bonds. The SMILES string of the molecule is CCCCCCCC/C=C\CCCCCCCC.[H-].[Rb+]. The van der Waals surface area contributed by atoms with Gasteiger partial charge in [-0.25, -0.2) is 0 Å². The second kappa shape index (κ2) is 21.8. The number of rotatable bonds is 14. The van der Waals surface area contributed by atoms with Gasteiger partial charge in [0.05, 0.1) is 0 Å². The van der Waals surface area contributed by atoms with E-state index in [0.717, 1.165) is 0 Å². The minimum atomic E-state index is 0. The summed E-state index contributed by atoms with van der Waals surface area (Å²) in [7, 11) is 0. The van der Waals surface area contributed by atoms with Gasteiger partial charge in [-0.2, -0.15) is 0 Å². The molecule has 1 heteroatoms. The summed E-state index contributed by atoms with van der Waals surface area (Å²) in [4.78, 5) is 0. The quantitative estimate of drug-likeness (QED) is 0.329. The minimum Gasteiger partial charge on any atom is -1.00 e. The van der Waals surface area contributed by atoms with Crippen molar-refractivity contribution in [2.45, 2.75) is 104 Å². The predicted molar refractivity (Wildman–Crippen MR) is 86.2 cm³/mol. The van der Waals surface area contributed by atoms with Crippen LogP contribution in [0.5, 0.6) is 0 Å². The Morgan fingerprint density at radius 2 is 0.842 bits per heavy atom. The maximum Gasteiger partial charge on any atom is 1.00 e. The smallest absolute Gasteiger partial charge is 1.00 e. The Bertz CT molecular complexity index is 151. The molecule has 0 radical (unpaired) electrons. The second-order valence-electron chi connectivity index (χ2n) is 5.58. The zero-order valence-corrected chi connectivity index (χ0v) is 19.0. The second-order valence-corrected chi connectivity index (χ2v) is 5.58. The van der Waals surface area contributed by atoms with Crippen LogP contribution in [-0.2, 0) is 0 Å². The Labute approximate surface area is 173 Å². The van der Waals surface area contributed by atoms with Crippen LogP contribution in [0.25, 0.3) is 0 Å². The molecule has 0 atom stereocenters. The molecular formula is C18H37Rb. The zero-order valence-electron chi connectivity index (χ0n) is 15.1. The van der Waals surface area contributed by atoms with Crippen molar-refractivity contribution >= 4 is 0 Å². The zero-order chi connectivity index (χ0) is 13.3. The van der Waals surface area contributed by atoms with Crippen LogP contribution in [-0.4, -0.2) is 0 Å². The number of hydrogen-bond acceptors (Lipinski definition) is 0. The molecule has 0 fully saturated rings. The van der Waals surface area contributed by atoms with E-state index in [1.165, 1.54) is 89.9 Å². The molecule has 0 aromatic rings. The van der Waals surface area contributed by atoms with Gasteiger partial charge in [0, 0.05) is 0 Å². The van der Waals surface area contributed by atoms with Gasteiger partial charge in [-0.1, -0.05) is 90.2 Å². The van der Waals surface area contributed by atoms with Crippen molar-refractivity contribution in [3.05, 3.63) is 12.2 Å². The van der Waals surface area contributed by atoms with E-state index >= 15 is 0 Å². The predicted octanol–water partition coefficient (Wildman–Crippen LogP) is 4.16. The Balaban J connectivity index is -0.00000144. The summed E-state index contributed by atoms with van der Waals surface area (Å²) in [5.41, 5.74) is 0. The van der Waals surface area contributed by atoms with Crippen LogP contribution in [0.3, 0.4) is 0 Å². The molecule has 0 nitrogen and oxygen atoms in total. The summed E-state index contributed by atoms with van der Waals surface area (Å²) < 4.78 is 0. The molecule has 0 spiro atoms. The molecule has 0 aromatic carbocycles. The third-order valence-electron chi connectivity index (χ3n) is 3.62. The van der Waals surface area contributed by atoms with Gasteiger partial charge >= 0.3 is 58.2 Å². The molecule has 0 aliphatic heterocycles. The number of hydrogen-bond donors (Lipinski definition) is 0. The van der Waals surface area contributed by atoms with Crippen LogP contribution in [0.15, 0.2) is 12.2 Å². The van der Waals surface area contributed by atoms with Gasteiger partial charge in [-0.3, -0.25) is 0 Å². The summed E-state index contributed by atoms with van der Waals surface area (Å²) in [5.74, 6) is 0. The van der Waals surface area contributed by atoms with Crippen molar-refractivity contribution in [3.63, 3.8) is 0 Å². The first-order valence-corrected chi connectivity index (χ1v) is 8.56. The van der Waals surface area contributed by atoms with Crippen LogP contribution >= 0.6 is 0 Å². The van der Waals surface area contributed by atoms with E-state index in [9.17, 15) is 0 Å². The van der Waals surface area contributed by atoms with Crippen molar-refractivity contribution in [2.75, 3.05) is 0 Å². The first kappa shape index (κ1) is 22.8. The maximum absolute atomic E-state index is 2.41. The van der Waals surface area contributed by atoms with E-state index in [4.69, 9.17) is 0 Å². The third-order valence-corrected chi connectivity index (χ3v) is 3.62. The summed E-state index contributed by atoms with van der Waals surface area (Å²) in [6.45, 7) is 4.57. The van der Waals surface area contributed by atoms with Crippen LogP contribution < -0.4 is 58.2 Å². The maximum atomic E-state index is 2.41. The summed E-state index contributed by atoms with van der Waals surface area (Å²) >= 11 is 0. The molecule has 0 heterocycles. The van der Waals surface area contributed by atoms with Gasteiger partial charge in [0.25, 0.3) is 0 Å². The average molecular weight is 339 g/mol. The minimum absolute atomic E-state index is 0. The Kier molecular flexibility index (Phi) is 26.2. The van der Waals surface area contributed by atoms with Gasteiger partial charge in [0.1, 0.15) is 0 Å². The Morgan fingerprint density at radius 1 is 0.526 bits per heavy atom. The van der Waals surface area contributed by atoms with Gasteiger partial charge in [0.2, 0.25) is 0 Å². The van der Waals surface area contributed by atoms with Crippen molar-refractivity contribution in [1.82, 2.24) is 0 Å². The molecule has 0 saturated heterocycles. The van der Waals surface area contributed by atoms with Crippen LogP contribution in [0.2, 0.25) is 0 Å². The fraction of sp³-hybridized carbons (Fsp3) is 0.889. The molecule has 0 rings (SSSR count). The third kappa shape index (κ3) is 22.0. The van der Waals surface area contributed by atoms with Crippen molar-refractivity contribution in [2.24, 2.45) is 0 Å². The fourth-order valence-electron chi connectivity index (χ4n) is 2.32. The van der Waals surface area contributed by atoms with E-state index in [-0.39, 0.29) is 59.6 Å². The molecule has 0 unspecified atom stereocenters. The standard InChI is InChI=1S/C18H36.Rb.H/c1-3-5-7-9-11-13-15-17-18-16-14-12-10-8-6-4-2;;/h17-18H,3-16H2,1-2H3;;/q;+1;-1/b18-17-;;. The molecule has 0 N–H and O–H groups in total. The van der Waals surface area contributed by atoms with Crippen molar-refractivity contribution in [3.8, 4) is 0 Å². The fourth-order valence-corrected chi connectivity index (χ4v) is 2.32. The number of allylic oxidation sites excluding steroid dienone is 2. The summed E-state index contributed by atoms with van der Waals surface area (Å²) in [5, 5.41) is 0. The number of unbranched alkanes of at least 4 members (excludes halogenated alkanes) is 12. The largest absolute Gasteiger partial charge is 1.00 e. The van der Waals surface area contributed by atoms with E-state index in [2.05, 4.69) is 26.0 Å². The van der Waals surface area contributed by atoms with Crippen LogP contribution in [0.4, 0.5) is 0 Å². The molecule has 110 valence electrons. The summed E-state index contributed by atoms with van der Waals surface area (Å²) in [6, 6.07) is 0. The van der Waals surface area contributed by atoms with E-state index in [1.807, 2.05) is 0 Å². The summed E-state index contributed by atoms with van der Waals surface area (Å²) in [6.07, 6.45) is 24.4. The topological polar surface area (TPSA) is 0 Å². The van der Waals surface area contributed by atoms with E-state index < -0.39 is 0 Å². The van der Waals surface area contributed by atoms with Gasteiger partial charge in [-0.05, 0) is 25.7 Å². The average Bonchev–Trinajstić information content (AvgIpc) is 2.39. The van der Waals surface area contributed by atoms with E-state index in [1.54, 1.807) is 0 Å². The Morgan fingerprint density at radius 3 is 1.21 bits per heavy atom. The molecule has 0 saturated carbocycles. The Hall–Kier alpha value is 1.55. The van der Waals surface area contributed by atoms with Crippen LogP contribution in [0.1, 0.15) is 105 Å². The molecule has 0 aromatic heterocycles. The van der Waals surface area contributed by atoms with Crippen molar-refractivity contribution in [1.29, 1.82) is 0 Å². The van der Waals surface area contributed by atoms with E-state index in [0.29, 0.717) is 0 Å². The molecule has 19 heavy (non-hydrogen) atoms. The molecule has 0 aliphatic rings. The molecular weight excluding hydrogens is 302 g/mol. The molecule has 0 bridgehead atoms. The first-order valence-electron chi connectivity index (χ1n) is 8.56. The molecule has 0 aliphatic carbocycles. The first-order chi connectivity index (χ1) is 8.91. The monoisotopic (exact) mass is 338 g/mol.